The molecule has 1 saturated heterocycles. The highest BCUT2D eigenvalue weighted by atomic mass is 35.5. The van der Waals surface area contributed by atoms with E-state index in [4.69, 9.17) is 11.6 Å². The molecular weight excluding hydrogens is 328 g/mol. The van der Waals surface area contributed by atoms with E-state index in [2.05, 4.69) is 20.9 Å². The maximum Gasteiger partial charge on any atom is 0.252 e. The zero-order valence-corrected chi connectivity index (χ0v) is 14.9. The molecule has 1 aliphatic heterocycles. The van der Waals surface area contributed by atoms with Crippen molar-refractivity contribution in [1.29, 1.82) is 0 Å². The second kappa shape index (κ2) is 9.01. The third kappa shape index (κ3) is 5.47. The van der Waals surface area contributed by atoms with Crippen LogP contribution in [-0.4, -0.2) is 56.0 Å². The fraction of sp³-hybridized carbons (Fsp3) is 0.529. The van der Waals surface area contributed by atoms with Gasteiger partial charge in [-0.2, -0.15) is 0 Å². The zero-order chi connectivity index (χ0) is 17.5. The fourth-order valence-corrected chi connectivity index (χ4v) is 2.62. The normalized spacial score (nSPS) is 15.3. The predicted molar refractivity (Wildman–Crippen MR) is 96.6 cm³/mol. The Hall–Kier alpha value is -1.63. The summed E-state index contributed by atoms with van der Waals surface area (Å²) < 4.78 is 0. The number of hydrogen-bond donors (Lipinski definition) is 3. The van der Waals surface area contributed by atoms with E-state index in [-0.39, 0.29) is 17.7 Å². The lowest BCUT2D eigenvalue weighted by atomic mass is 10.1. The first-order chi connectivity index (χ1) is 11.5. The third-order valence-electron chi connectivity index (χ3n) is 3.93. The molecule has 1 fully saturated rings. The Bertz CT molecular complexity index is 586. The van der Waals surface area contributed by atoms with Crippen molar-refractivity contribution in [3.8, 4) is 0 Å². The molecule has 0 aromatic heterocycles. The van der Waals surface area contributed by atoms with Crippen LogP contribution in [0.3, 0.4) is 0 Å². The van der Waals surface area contributed by atoms with Crippen molar-refractivity contribution < 1.29 is 9.59 Å². The highest BCUT2D eigenvalue weighted by molar-refractivity contribution is 6.34. The minimum absolute atomic E-state index is 0.0950. The third-order valence-corrected chi connectivity index (χ3v) is 4.26. The predicted octanol–water partition coefficient (Wildman–Crippen LogP) is 1.57. The largest absolute Gasteiger partial charge is 0.351 e. The summed E-state index contributed by atoms with van der Waals surface area (Å²) in [5.74, 6) is -0.449. The maximum absolute atomic E-state index is 12.3. The summed E-state index contributed by atoms with van der Waals surface area (Å²) in [6, 6.07) is 4.94. The zero-order valence-electron chi connectivity index (χ0n) is 14.2. The molecule has 0 aliphatic carbocycles. The molecule has 2 amide bonds. The van der Waals surface area contributed by atoms with E-state index in [0.29, 0.717) is 22.8 Å². The quantitative estimate of drug-likeness (QED) is 0.726. The van der Waals surface area contributed by atoms with Crippen LogP contribution >= 0.6 is 11.6 Å². The van der Waals surface area contributed by atoms with Crippen molar-refractivity contribution in [1.82, 2.24) is 15.5 Å². The van der Waals surface area contributed by atoms with Gasteiger partial charge in [-0.05, 0) is 18.2 Å². The first kappa shape index (κ1) is 18.7. The summed E-state index contributed by atoms with van der Waals surface area (Å²) in [4.78, 5) is 26.4. The van der Waals surface area contributed by atoms with Gasteiger partial charge in [0.2, 0.25) is 5.91 Å². The lowest BCUT2D eigenvalue weighted by molar-refractivity contribution is -0.118. The molecule has 7 heteroatoms. The first-order valence-electron chi connectivity index (χ1n) is 8.29. The molecule has 0 unspecified atom stereocenters. The van der Waals surface area contributed by atoms with Crippen molar-refractivity contribution in [3.63, 3.8) is 0 Å². The van der Waals surface area contributed by atoms with Gasteiger partial charge in [-0.25, -0.2) is 0 Å². The topological polar surface area (TPSA) is 73.5 Å². The van der Waals surface area contributed by atoms with Crippen LogP contribution in [0.4, 0.5) is 5.69 Å². The molecule has 0 spiro atoms. The van der Waals surface area contributed by atoms with Crippen molar-refractivity contribution in [3.05, 3.63) is 28.8 Å². The van der Waals surface area contributed by atoms with Gasteiger partial charge in [-0.1, -0.05) is 25.4 Å². The van der Waals surface area contributed by atoms with Gasteiger partial charge in [-0.3, -0.25) is 14.5 Å². The second-order valence-corrected chi connectivity index (χ2v) is 6.59. The van der Waals surface area contributed by atoms with Crippen LogP contribution in [0.25, 0.3) is 0 Å². The van der Waals surface area contributed by atoms with Gasteiger partial charge >= 0.3 is 0 Å². The first-order valence-corrected chi connectivity index (χ1v) is 8.67. The number of piperazine rings is 1. The van der Waals surface area contributed by atoms with Crippen molar-refractivity contribution in [2.75, 3.05) is 44.6 Å². The highest BCUT2D eigenvalue weighted by Gasteiger charge is 2.14. The molecule has 2 rings (SSSR count). The average Bonchev–Trinajstić information content (AvgIpc) is 2.57. The minimum Gasteiger partial charge on any atom is -0.351 e. The molecule has 132 valence electrons. The molecule has 1 heterocycles. The minimum atomic E-state index is -0.226. The molecule has 1 aromatic carbocycles. The summed E-state index contributed by atoms with van der Waals surface area (Å²) >= 11 is 6.13. The number of carbonyl (C=O) groups is 2. The molecule has 0 atom stereocenters. The standard InChI is InChI=1S/C17H25ClN4O2/c1-12(2)16(23)21-13-3-4-15(18)14(11-13)17(24)20-7-10-22-8-5-19-6-9-22/h3-4,11-12,19H,5-10H2,1-2H3,(H,20,24)(H,21,23). The number of rotatable bonds is 6. The molecule has 0 radical (unpaired) electrons. The summed E-state index contributed by atoms with van der Waals surface area (Å²) in [6.07, 6.45) is 0. The molecule has 1 aromatic rings. The summed E-state index contributed by atoms with van der Waals surface area (Å²) in [7, 11) is 0. The molecule has 3 N–H and O–H groups in total. The number of amides is 2. The Morgan fingerprint density at radius 1 is 1.29 bits per heavy atom. The van der Waals surface area contributed by atoms with Gasteiger partial charge < -0.3 is 16.0 Å². The highest BCUT2D eigenvalue weighted by Crippen LogP contribution is 2.21. The Labute approximate surface area is 147 Å². The molecule has 0 bridgehead atoms. The van der Waals surface area contributed by atoms with Crippen molar-refractivity contribution >= 4 is 29.1 Å². The van der Waals surface area contributed by atoms with Crippen LogP contribution in [0.2, 0.25) is 5.02 Å². The lowest BCUT2D eigenvalue weighted by Crippen LogP contribution is -2.46. The van der Waals surface area contributed by atoms with Gasteiger partial charge in [0.15, 0.2) is 0 Å². The molecule has 1 aliphatic rings. The summed E-state index contributed by atoms with van der Waals surface area (Å²) in [6.45, 7) is 8.96. The van der Waals surface area contributed by atoms with Gasteiger partial charge in [-0.15, -0.1) is 0 Å². The van der Waals surface area contributed by atoms with Crippen LogP contribution in [-0.2, 0) is 4.79 Å². The van der Waals surface area contributed by atoms with Gasteiger partial charge in [0.1, 0.15) is 0 Å². The van der Waals surface area contributed by atoms with Crippen molar-refractivity contribution in [2.45, 2.75) is 13.8 Å². The number of carbonyl (C=O) groups excluding carboxylic acids is 2. The number of nitrogens with zero attached hydrogens (tertiary/aromatic N) is 1. The molecule has 24 heavy (non-hydrogen) atoms. The van der Waals surface area contributed by atoms with E-state index in [0.717, 1.165) is 32.7 Å². The summed E-state index contributed by atoms with van der Waals surface area (Å²) in [5.41, 5.74) is 0.948. The van der Waals surface area contributed by atoms with Crippen LogP contribution in [0.5, 0.6) is 0 Å². The van der Waals surface area contributed by atoms with E-state index in [1.807, 2.05) is 13.8 Å². The molecular formula is C17H25ClN4O2. The van der Waals surface area contributed by atoms with Gasteiger partial charge in [0.25, 0.3) is 5.91 Å². The lowest BCUT2D eigenvalue weighted by Gasteiger charge is -2.27. The Kier molecular flexibility index (Phi) is 7.02. The van der Waals surface area contributed by atoms with E-state index in [1.54, 1.807) is 18.2 Å². The van der Waals surface area contributed by atoms with Crippen LogP contribution < -0.4 is 16.0 Å². The Morgan fingerprint density at radius 2 is 2.00 bits per heavy atom. The van der Waals surface area contributed by atoms with E-state index in [9.17, 15) is 9.59 Å². The van der Waals surface area contributed by atoms with E-state index >= 15 is 0 Å². The van der Waals surface area contributed by atoms with E-state index < -0.39 is 0 Å². The number of benzene rings is 1. The molecule has 6 nitrogen and oxygen atoms in total. The Morgan fingerprint density at radius 3 is 2.67 bits per heavy atom. The van der Waals surface area contributed by atoms with Crippen LogP contribution in [0.1, 0.15) is 24.2 Å². The number of anilines is 1. The van der Waals surface area contributed by atoms with Crippen molar-refractivity contribution in [2.24, 2.45) is 5.92 Å². The smallest absolute Gasteiger partial charge is 0.252 e. The Balaban J connectivity index is 1.91. The SMILES string of the molecule is CC(C)C(=O)Nc1ccc(Cl)c(C(=O)NCCN2CCNCC2)c1. The number of halogens is 1. The second-order valence-electron chi connectivity index (χ2n) is 6.19. The summed E-state index contributed by atoms with van der Waals surface area (Å²) in [5, 5.41) is 9.34. The average molecular weight is 353 g/mol. The van der Waals surface area contributed by atoms with Gasteiger partial charge in [0, 0.05) is 50.9 Å². The van der Waals surface area contributed by atoms with E-state index in [1.165, 1.54) is 0 Å². The maximum atomic E-state index is 12.3. The van der Waals surface area contributed by atoms with Gasteiger partial charge in [0.05, 0.1) is 10.6 Å². The number of hydrogen-bond acceptors (Lipinski definition) is 4. The van der Waals surface area contributed by atoms with Crippen LogP contribution in [0, 0.1) is 5.92 Å². The number of nitrogens with one attached hydrogen (secondary N) is 3. The fourth-order valence-electron chi connectivity index (χ4n) is 2.42. The van der Waals surface area contributed by atoms with Crippen LogP contribution in [0.15, 0.2) is 18.2 Å². The monoisotopic (exact) mass is 352 g/mol. The molecule has 0 saturated carbocycles.